The average molecular weight is 269 g/mol. The van der Waals surface area contributed by atoms with E-state index < -0.39 is 0 Å². The van der Waals surface area contributed by atoms with Crippen molar-refractivity contribution >= 4 is 0 Å². The third kappa shape index (κ3) is 2.66. The molecule has 1 aromatic carbocycles. The summed E-state index contributed by atoms with van der Waals surface area (Å²) in [5, 5.41) is 0. The van der Waals surface area contributed by atoms with Crippen LogP contribution < -0.4 is 10.5 Å². The summed E-state index contributed by atoms with van der Waals surface area (Å²) in [6, 6.07) is 12.5. The van der Waals surface area contributed by atoms with Crippen LogP contribution in [0.25, 0.3) is 0 Å². The molecule has 4 heteroatoms. The van der Waals surface area contributed by atoms with Gasteiger partial charge in [-0.05, 0) is 23.8 Å². The maximum Gasteiger partial charge on any atom is 0.123 e. The van der Waals surface area contributed by atoms with Crippen LogP contribution in [0.2, 0.25) is 0 Å². The summed E-state index contributed by atoms with van der Waals surface area (Å²) in [6.45, 7) is 3.02. The number of hydrogen-bond acceptors (Lipinski definition) is 4. The molecule has 20 heavy (non-hydrogen) atoms. The highest BCUT2D eigenvalue weighted by Gasteiger charge is 2.22. The van der Waals surface area contributed by atoms with E-state index in [0.717, 1.165) is 18.8 Å². The molecular formula is C16H19N3O. The second kappa shape index (κ2) is 6.03. The monoisotopic (exact) mass is 269 g/mol. The molecule has 0 saturated carbocycles. The molecule has 1 aromatic heterocycles. The Balaban J connectivity index is 1.86. The Morgan fingerprint density at radius 2 is 2.00 bits per heavy atom. The van der Waals surface area contributed by atoms with Crippen LogP contribution >= 0.6 is 0 Å². The Kier molecular flexibility index (Phi) is 3.95. The van der Waals surface area contributed by atoms with Crippen LogP contribution in [0.5, 0.6) is 5.75 Å². The van der Waals surface area contributed by atoms with Gasteiger partial charge in [0, 0.05) is 43.6 Å². The Bertz CT molecular complexity index is 559. The number of hydrogen-bond donors (Lipinski definition) is 1. The number of nitrogens with zero attached hydrogens (tertiary/aromatic N) is 2. The lowest BCUT2D eigenvalue weighted by Crippen LogP contribution is -2.34. The average Bonchev–Trinajstić information content (AvgIpc) is 2.71. The quantitative estimate of drug-likeness (QED) is 0.925. The number of fused-ring (bicyclic) bond motifs is 1. The summed E-state index contributed by atoms with van der Waals surface area (Å²) < 4.78 is 5.81. The van der Waals surface area contributed by atoms with E-state index in [2.05, 4.69) is 22.0 Å². The van der Waals surface area contributed by atoms with E-state index >= 15 is 0 Å². The molecule has 2 heterocycles. The summed E-state index contributed by atoms with van der Waals surface area (Å²) in [4.78, 5) is 6.45. The van der Waals surface area contributed by atoms with Crippen molar-refractivity contribution in [3.05, 3.63) is 59.9 Å². The summed E-state index contributed by atoms with van der Waals surface area (Å²) in [6.07, 6.45) is 3.64. The maximum absolute atomic E-state index is 6.00. The third-order valence-corrected chi connectivity index (χ3v) is 3.74. The Morgan fingerprint density at radius 1 is 1.20 bits per heavy atom. The molecule has 3 rings (SSSR count). The first-order valence-electron chi connectivity index (χ1n) is 6.93. The first-order chi connectivity index (χ1) is 9.88. The van der Waals surface area contributed by atoms with Gasteiger partial charge >= 0.3 is 0 Å². The van der Waals surface area contributed by atoms with E-state index in [1.165, 1.54) is 11.1 Å². The largest absolute Gasteiger partial charge is 0.492 e. The molecule has 0 saturated heterocycles. The van der Waals surface area contributed by atoms with Gasteiger partial charge in [-0.1, -0.05) is 18.2 Å². The normalized spacial score (nSPS) is 16.9. The minimum atomic E-state index is 0.202. The first kappa shape index (κ1) is 13.1. The summed E-state index contributed by atoms with van der Waals surface area (Å²) in [7, 11) is 0. The molecule has 0 spiro atoms. The predicted molar refractivity (Wildman–Crippen MR) is 78.4 cm³/mol. The zero-order chi connectivity index (χ0) is 13.8. The van der Waals surface area contributed by atoms with Gasteiger partial charge in [0.25, 0.3) is 0 Å². The van der Waals surface area contributed by atoms with E-state index in [4.69, 9.17) is 10.5 Å². The molecule has 0 fully saturated rings. The third-order valence-electron chi connectivity index (χ3n) is 3.74. The van der Waals surface area contributed by atoms with Crippen LogP contribution in [0.15, 0.2) is 48.8 Å². The lowest BCUT2D eigenvalue weighted by Gasteiger charge is -2.29. The van der Waals surface area contributed by atoms with Crippen molar-refractivity contribution < 1.29 is 4.74 Å². The molecule has 1 atom stereocenters. The van der Waals surface area contributed by atoms with E-state index in [0.29, 0.717) is 13.2 Å². The number of nitrogens with two attached hydrogens (primary N) is 1. The van der Waals surface area contributed by atoms with Crippen molar-refractivity contribution in [2.45, 2.75) is 12.6 Å². The van der Waals surface area contributed by atoms with Crippen LogP contribution in [-0.4, -0.2) is 29.6 Å². The number of pyridine rings is 1. The van der Waals surface area contributed by atoms with Gasteiger partial charge < -0.3 is 10.5 Å². The second-order valence-electron chi connectivity index (χ2n) is 4.96. The van der Waals surface area contributed by atoms with Crippen LogP contribution in [-0.2, 0) is 6.54 Å². The van der Waals surface area contributed by atoms with Gasteiger partial charge in [-0.2, -0.15) is 0 Å². The SMILES string of the molecule is NCC(c1ccncc1)N1CCOc2ccccc2C1. The van der Waals surface area contributed by atoms with Crippen molar-refractivity contribution in [1.29, 1.82) is 0 Å². The zero-order valence-corrected chi connectivity index (χ0v) is 11.4. The van der Waals surface area contributed by atoms with Crippen molar-refractivity contribution in [1.82, 2.24) is 9.88 Å². The summed E-state index contributed by atoms with van der Waals surface area (Å²) in [5.74, 6) is 0.987. The van der Waals surface area contributed by atoms with Gasteiger partial charge in [0.1, 0.15) is 12.4 Å². The first-order valence-corrected chi connectivity index (χ1v) is 6.93. The highest BCUT2D eigenvalue weighted by Crippen LogP contribution is 2.27. The lowest BCUT2D eigenvalue weighted by molar-refractivity contribution is 0.173. The number of para-hydroxylation sites is 1. The van der Waals surface area contributed by atoms with Gasteiger partial charge in [-0.3, -0.25) is 9.88 Å². The molecule has 1 unspecified atom stereocenters. The number of benzene rings is 1. The molecule has 0 radical (unpaired) electrons. The van der Waals surface area contributed by atoms with E-state index in [-0.39, 0.29) is 6.04 Å². The van der Waals surface area contributed by atoms with Crippen molar-refractivity contribution in [3.8, 4) is 5.75 Å². The molecule has 0 amide bonds. The van der Waals surface area contributed by atoms with Crippen LogP contribution in [0, 0.1) is 0 Å². The highest BCUT2D eigenvalue weighted by molar-refractivity contribution is 5.34. The fourth-order valence-electron chi connectivity index (χ4n) is 2.69. The van der Waals surface area contributed by atoms with Crippen molar-refractivity contribution in [3.63, 3.8) is 0 Å². The summed E-state index contributed by atoms with van der Waals surface area (Å²) in [5.41, 5.74) is 8.43. The molecule has 1 aliphatic heterocycles. The van der Waals surface area contributed by atoms with E-state index in [9.17, 15) is 0 Å². The van der Waals surface area contributed by atoms with Gasteiger partial charge in [-0.15, -0.1) is 0 Å². The van der Waals surface area contributed by atoms with Crippen molar-refractivity contribution in [2.24, 2.45) is 5.73 Å². The minimum Gasteiger partial charge on any atom is -0.492 e. The van der Waals surface area contributed by atoms with Gasteiger partial charge in [-0.25, -0.2) is 0 Å². The summed E-state index contributed by atoms with van der Waals surface area (Å²) >= 11 is 0. The minimum absolute atomic E-state index is 0.202. The standard InChI is InChI=1S/C16H19N3O/c17-11-15(13-5-7-18-8-6-13)19-9-10-20-16-4-2-1-3-14(16)12-19/h1-8,15H,9-12,17H2. The van der Waals surface area contributed by atoms with Crippen LogP contribution in [0.4, 0.5) is 0 Å². The molecule has 2 N–H and O–H groups in total. The molecule has 104 valence electrons. The number of rotatable bonds is 3. The van der Waals surface area contributed by atoms with Crippen LogP contribution in [0.3, 0.4) is 0 Å². The zero-order valence-electron chi connectivity index (χ0n) is 11.4. The van der Waals surface area contributed by atoms with Crippen molar-refractivity contribution in [2.75, 3.05) is 19.7 Å². The Morgan fingerprint density at radius 3 is 2.80 bits per heavy atom. The topological polar surface area (TPSA) is 51.4 Å². The van der Waals surface area contributed by atoms with Gasteiger partial charge in [0.2, 0.25) is 0 Å². The molecule has 0 bridgehead atoms. The molecule has 4 nitrogen and oxygen atoms in total. The molecule has 2 aromatic rings. The highest BCUT2D eigenvalue weighted by atomic mass is 16.5. The number of ether oxygens (including phenoxy) is 1. The van der Waals surface area contributed by atoms with Gasteiger partial charge in [0.05, 0.1) is 0 Å². The maximum atomic E-state index is 6.00. The van der Waals surface area contributed by atoms with Gasteiger partial charge in [0.15, 0.2) is 0 Å². The van der Waals surface area contributed by atoms with E-state index in [1.54, 1.807) is 0 Å². The molecular weight excluding hydrogens is 250 g/mol. The lowest BCUT2D eigenvalue weighted by atomic mass is 10.1. The fourth-order valence-corrected chi connectivity index (χ4v) is 2.69. The molecule has 0 aliphatic carbocycles. The predicted octanol–water partition coefficient (Wildman–Crippen LogP) is 1.98. The smallest absolute Gasteiger partial charge is 0.123 e. The Labute approximate surface area is 119 Å². The Hall–Kier alpha value is -1.91. The second-order valence-corrected chi connectivity index (χ2v) is 4.96. The number of aromatic nitrogens is 1. The van der Waals surface area contributed by atoms with Crippen LogP contribution in [0.1, 0.15) is 17.2 Å². The van der Waals surface area contributed by atoms with E-state index in [1.807, 2.05) is 36.7 Å². The fraction of sp³-hybridized carbons (Fsp3) is 0.312. The molecule has 1 aliphatic rings.